The monoisotopic (exact) mass is 272 g/mol. The fraction of sp³-hybridized carbons (Fsp3) is 0.417. The lowest BCUT2D eigenvalue weighted by Crippen LogP contribution is -2.30. The average molecular weight is 272 g/mol. The van der Waals surface area contributed by atoms with E-state index in [0.29, 0.717) is 12.2 Å². The number of anilines is 1. The van der Waals surface area contributed by atoms with Gasteiger partial charge >= 0.3 is 6.03 Å². The van der Waals surface area contributed by atoms with Crippen LogP contribution >= 0.6 is 11.8 Å². The van der Waals surface area contributed by atoms with Gasteiger partial charge in [-0.15, -0.1) is 0 Å². The molecule has 0 spiro atoms. The summed E-state index contributed by atoms with van der Waals surface area (Å²) in [5.74, 6) is 1.55. The van der Waals surface area contributed by atoms with E-state index in [-0.39, 0.29) is 11.8 Å². The number of rotatable bonds is 6. The third-order valence-corrected chi connectivity index (χ3v) is 3.05. The SMILES string of the molecule is CCSCCNC(=O)Nc1ccc(F)c(OC)c1. The molecule has 4 nitrogen and oxygen atoms in total. The fourth-order valence-electron chi connectivity index (χ4n) is 1.29. The number of amides is 2. The molecule has 0 radical (unpaired) electrons. The average Bonchev–Trinajstić information content (AvgIpc) is 2.37. The molecule has 0 saturated carbocycles. The Morgan fingerprint density at radius 2 is 2.28 bits per heavy atom. The van der Waals surface area contributed by atoms with Crippen LogP contribution in [0.3, 0.4) is 0 Å². The van der Waals surface area contributed by atoms with E-state index in [9.17, 15) is 9.18 Å². The summed E-state index contributed by atoms with van der Waals surface area (Å²) in [5.41, 5.74) is 0.494. The number of halogens is 1. The molecular formula is C12H17FN2O2S. The summed E-state index contributed by atoms with van der Waals surface area (Å²) in [6, 6.07) is 3.87. The van der Waals surface area contributed by atoms with Gasteiger partial charge in [0.25, 0.3) is 0 Å². The van der Waals surface area contributed by atoms with Crippen molar-refractivity contribution >= 4 is 23.5 Å². The van der Waals surface area contributed by atoms with E-state index in [2.05, 4.69) is 17.6 Å². The van der Waals surface area contributed by atoms with Crippen molar-refractivity contribution in [3.05, 3.63) is 24.0 Å². The van der Waals surface area contributed by atoms with Gasteiger partial charge in [-0.25, -0.2) is 9.18 Å². The molecule has 2 N–H and O–H groups in total. The molecule has 0 bridgehead atoms. The number of hydrogen-bond acceptors (Lipinski definition) is 3. The van der Waals surface area contributed by atoms with Crippen molar-refractivity contribution in [3.8, 4) is 5.75 Å². The number of nitrogens with one attached hydrogen (secondary N) is 2. The Hall–Kier alpha value is -1.43. The van der Waals surface area contributed by atoms with Gasteiger partial charge in [0.1, 0.15) is 0 Å². The molecule has 0 unspecified atom stereocenters. The van der Waals surface area contributed by atoms with Crippen LogP contribution in [0.4, 0.5) is 14.9 Å². The minimum atomic E-state index is -0.456. The molecule has 0 aliphatic carbocycles. The molecule has 0 saturated heterocycles. The highest BCUT2D eigenvalue weighted by Crippen LogP contribution is 2.21. The van der Waals surface area contributed by atoms with Crippen molar-refractivity contribution in [1.82, 2.24) is 5.32 Å². The zero-order valence-corrected chi connectivity index (χ0v) is 11.3. The normalized spacial score (nSPS) is 9.94. The van der Waals surface area contributed by atoms with Gasteiger partial charge in [-0.05, 0) is 17.9 Å². The first-order valence-electron chi connectivity index (χ1n) is 5.63. The van der Waals surface area contributed by atoms with E-state index < -0.39 is 5.82 Å². The molecule has 6 heteroatoms. The van der Waals surface area contributed by atoms with Gasteiger partial charge < -0.3 is 15.4 Å². The summed E-state index contributed by atoms with van der Waals surface area (Å²) >= 11 is 1.75. The summed E-state index contributed by atoms with van der Waals surface area (Å²) < 4.78 is 18.0. The van der Waals surface area contributed by atoms with E-state index in [0.717, 1.165) is 11.5 Å². The highest BCUT2D eigenvalue weighted by molar-refractivity contribution is 7.99. The van der Waals surface area contributed by atoms with Crippen LogP contribution in [0.1, 0.15) is 6.92 Å². The Kier molecular flexibility index (Phi) is 6.35. The van der Waals surface area contributed by atoms with Gasteiger partial charge in [-0.2, -0.15) is 11.8 Å². The molecule has 18 heavy (non-hydrogen) atoms. The third-order valence-electron chi connectivity index (χ3n) is 2.15. The Labute approximate surface area is 110 Å². The number of carbonyl (C=O) groups is 1. The molecule has 0 aromatic heterocycles. The van der Waals surface area contributed by atoms with Gasteiger partial charge in [0.2, 0.25) is 0 Å². The molecule has 1 aromatic rings. The molecule has 100 valence electrons. The van der Waals surface area contributed by atoms with Crippen molar-refractivity contribution in [2.24, 2.45) is 0 Å². The van der Waals surface area contributed by atoms with Crippen LogP contribution in [0, 0.1) is 5.82 Å². The highest BCUT2D eigenvalue weighted by atomic mass is 32.2. The van der Waals surface area contributed by atoms with Crippen LogP contribution in [0.25, 0.3) is 0 Å². The summed E-state index contributed by atoms with van der Waals surface area (Å²) in [4.78, 5) is 11.5. The van der Waals surface area contributed by atoms with Gasteiger partial charge in [0.15, 0.2) is 11.6 Å². The Bertz CT molecular complexity index is 402. The molecule has 1 aromatic carbocycles. The third kappa shape index (κ3) is 4.83. The van der Waals surface area contributed by atoms with Crippen molar-refractivity contribution in [2.45, 2.75) is 6.92 Å². The second-order valence-electron chi connectivity index (χ2n) is 3.43. The van der Waals surface area contributed by atoms with Gasteiger partial charge in [-0.3, -0.25) is 0 Å². The number of carbonyl (C=O) groups excluding carboxylic acids is 1. The number of benzene rings is 1. The molecule has 0 fully saturated rings. The largest absolute Gasteiger partial charge is 0.494 e. The molecule has 1 rings (SSSR count). The minimum absolute atomic E-state index is 0.106. The molecule has 0 aliphatic rings. The first-order chi connectivity index (χ1) is 8.67. The van der Waals surface area contributed by atoms with Gasteiger partial charge in [0, 0.05) is 24.1 Å². The van der Waals surface area contributed by atoms with Crippen LogP contribution in [-0.2, 0) is 0 Å². The first-order valence-corrected chi connectivity index (χ1v) is 6.79. The van der Waals surface area contributed by atoms with Crippen LogP contribution in [-0.4, -0.2) is 31.2 Å². The summed E-state index contributed by atoms with van der Waals surface area (Å²) in [6.07, 6.45) is 0. The second kappa shape index (κ2) is 7.81. The van der Waals surface area contributed by atoms with Gasteiger partial charge in [-0.1, -0.05) is 6.92 Å². The summed E-state index contributed by atoms with van der Waals surface area (Å²) in [6.45, 7) is 2.66. The van der Waals surface area contributed by atoms with E-state index in [4.69, 9.17) is 4.74 Å². The molecular weight excluding hydrogens is 255 g/mol. The molecule has 0 aliphatic heterocycles. The lowest BCUT2D eigenvalue weighted by atomic mass is 10.3. The quantitative estimate of drug-likeness (QED) is 0.783. The van der Waals surface area contributed by atoms with Crippen molar-refractivity contribution in [1.29, 1.82) is 0 Å². The van der Waals surface area contributed by atoms with Crippen molar-refractivity contribution < 1.29 is 13.9 Å². The maximum Gasteiger partial charge on any atom is 0.319 e. The molecule has 0 heterocycles. The Balaban J connectivity index is 2.44. The zero-order valence-electron chi connectivity index (χ0n) is 10.5. The Morgan fingerprint density at radius 3 is 2.94 bits per heavy atom. The number of hydrogen-bond donors (Lipinski definition) is 2. The zero-order chi connectivity index (χ0) is 13.4. The first kappa shape index (κ1) is 14.6. The minimum Gasteiger partial charge on any atom is -0.494 e. The maximum atomic E-state index is 13.1. The fourth-order valence-corrected chi connectivity index (χ4v) is 1.83. The molecule has 0 atom stereocenters. The number of thioether (sulfide) groups is 1. The van der Waals surface area contributed by atoms with Gasteiger partial charge in [0.05, 0.1) is 7.11 Å². The van der Waals surface area contributed by atoms with Crippen molar-refractivity contribution in [2.75, 3.05) is 30.5 Å². The smallest absolute Gasteiger partial charge is 0.319 e. The number of urea groups is 1. The summed E-state index contributed by atoms with van der Waals surface area (Å²) in [7, 11) is 1.38. The lowest BCUT2D eigenvalue weighted by Gasteiger charge is -2.09. The number of ether oxygens (including phenoxy) is 1. The maximum absolute atomic E-state index is 13.1. The lowest BCUT2D eigenvalue weighted by molar-refractivity contribution is 0.252. The van der Waals surface area contributed by atoms with E-state index in [1.54, 1.807) is 11.8 Å². The van der Waals surface area contributed by atoms with E-state index in [1.807, 2.05) is 0 Å². The van der Waals surface area contributed by atoms with Crippen LogP contribution in [0.2, 0.25) is 0 Å². The highest BCUT2D eigenvalue weighted by Gasteiger charge is 2.05. The standard InChI is InChI=1S/C12H17FN2O2S/c1-3-18-7-6-14-12(16)15-9-4-5-10(13)11(8-9)17-2/h4-5,8H,3,6-7H2,1-2H3,(H2,14,15,16). The second-order valence-corrected chi connectivity index (χ2v) is 4.82. The predicted molar refractivity (Wildman–Crippen MR) is 73.0 cm³/mol. The number of methoxy groups -OCH3 is 1. The van der Waals surface area contributed by atoms with Crippen molar-refractivity contribution in [3.63, 3.8) is 0 Å². The molecule has 2 amide bonds. The topological polar surface area (TPSA) is 50.4 Å². The summed E-state index contributed by atoms with van der Waals surface area (Å²) in [5, 5.41) is 5.33. The van der Waals surface area contributed by atoms with Crippen LogP contribution in [0.5, 0.6) is 5.75 Å². The van der Waals surface area contributed by atoms with Crippen LogP contribution in [0.15, 0.2) is 18.2 Å². The van der Waals surface area contributed by atoms with E-state index >= 15 is 0 Å². The predicted octanol–water partition coefficient (Wildman–Crippen LogP) is 2.71. The Morgan fingerprint density at radius 1 is 1.50 bits per heavy atom. The van der Waals surface area contributed by atoms with Crippen LogP contribution < -0.4 is 15.4 Å². The van der Waals surface area contributed by atoms with E-state index in [1.165, 1.54) is 25.3 Å².